The maximum Gasteiger partial charge on any atom is 0.255 e. The van der Waals surface area contributed by atoms with Crippen LogP contribution >= 0.6 is 0 Å². The first-order valence-electron chi connectivity index (χ1n) is 9.70. The van der Waals surface area contributed by atoms with Gasteiger partial charge in [-0.3, -0.25) is 14.8 Å². The highest BCUT2D eigenvalue weighted by Crippen LogP contribution is 2.18. The number of benzene rings is 2. The van der Waals surface area contributed by atoms with Gasteiger partial charge in [-0.25, -0.2) is 4.99 Å². The number of hydrogen-bond acceptors (Lipinski definition) is 6. The van der Waals surface area contributed by atoms with Gasteiger partial charge in [0, 0.05) is 43.0 Å². The average molecular weight is 398 g/mol. The van der Waals surface area contributed by atoms with E-state index in [0.29, 0.717) is 36.0 Å². The predicted octanol–water partition coefficient (Wildman–Crippen LogP) is 3.25. The van der Waals surface area contributed by atoms with E-state index >= 15 is 0 Å². The molecule has 7 heteroatoms. The standard InChI is InChI=1S/C23H22N6O/c24-19-5-1-2-6-21(19)28-22(30)17-9-7-16(8-10-17)14-27-23-26-13-11-20(29-23)18-4-3-12-25-15-18/h1-10,12,15H,11,13-14,24H2,(H,26,27)(H,28,30). The van der Waals surface area contributed by atoms with Crippen LogP contribution in [0.25, 0.3) is 0 Å². The molecule has 150 valence electrons. The van der Waals surface area contributed by atoms with E-state index in [-0.39, 0.29) is 5.91 Å². The van der Waals surface area contributed by atoms with Crippen molar-refractivity contribution in [1.29, 1.82) is 0 Å². The number of nitrogens with one attached hydrogen (secondary N) is 2. The van der Waals surface area contributed by atoms with Gasteiger partial charge < -0.3 is 16.4 Å². The number of para-hydroxylation sites is 2. The van der Waals surface area contributed by atoms with Crippen molar-refractivity contribution in [1.82, 2.24) is 10.3 Å². The fourth-order valence-electron chi connectivity index (χ4n) is 3.08. The molecule has 3 aromatic rings. The zero-order valence-electron chi connectivity index (χ0n) is 16.4. The van der Waals surface area contributed by atoms with Crippen LogP contribution in [0.3, 0.4) is 0 Å². The van der Waals surface area contributed by atoms with Crippen LogP contribution in [0.5, 0.6) is 0 Å². The smallest absolute Gasteiger partial charge is 0.255 e. The number of nitrogens with zero attached hydrogens (tertiary/aromatic N) is 3. The summed E-state index contributed by atoms with van der Waals surface area (Å²) in [5.41, 5.74) is 10.6. The van der Waals surface area contributed by atoms with Crippen LogP contribution in [0.4, 0.5) is 11.4 Å². The first kappa shape index (κ1) is 19.3. The summed E-state index contributed by atoms with van der Waals surface area (Å²) in [5.74, 6) is 0.413. The minimum Gasteiger partial charge on any atom is -0.397 e. The summed E-state index contributed by atoms with van der Waals surface area (Å²) < 4.78 is 0. The molecule has 0 atom stereocenters. The van der Waals surface area contributed by atoms with Gasteiger partial charge in [-0.05, 0) is 35.9 Å². The van der Waals surface area contributed by atoms with Gasteiger partial charge in [0.2, 0.25) is 5.96 Å². The zero-order valence-corrected chi connectivity index (χ0v) is 16.4. The Hall–Kier alpha value is -4.00. The summed E-state index contributed by atoms with van der Waals surface area (Å²) in [6.07, 6.45) is 4.36. The van der Waals surface area contributed by atoms with Gasteiger partial charge in [-0.2, -0.15) is 0 Å². The van der Waals surface area contributed by atoms with Gasteiger partial charge in [-0.1, -0.05) is 30.3 Å². The molecule has 0 radical (unpaired) electrons. The number of rotatable bonds is 5. The normalized spacial score (nSPS) is 13.2. The lowest BCUT2D eigenvalue weighted by Gasteiger charge is -2.14. The Morgan fingerprint density at radius 2 is 1.87 bits per heavy atom. The fraction of sp³-hybridized carbons (Fsp3) is 0.130. The Morgan fingerprint density at radius 3 is 2.63 bits per heavy atom. The molecular weight excluding hydrogens is 376 g/mol. The first-order chi connectivity index (χ1) is 14.7. The molecule has 0 fully saturated rings. The van der Waals surface area contributed by atoms with E-state index in [9.17, 15) is 4.79 Å². The molecule has 4 N–H and O–H groups in total. The van der Waals surface area contributed by atoms with Gasteiger partial charge in [0.05, 0.1) is 17.1 Å². The van der Waals surface area contributed by atoms with Crippen molar-refractivity contribution in [3.63, 3.8) is 0 Å². The maximum atomic E-state index is 12.4. The summed E-state index contributed by atoms with van der Waals surface area (Å²) in [4.78, 5) is 25.6. The molecule has 1 aliphatic rings. The van der Waals surface area contributed by atoms with Gasteiger partial charge in [-0.15, -0.1) is 0 Å². The molecule has 30 heavy (non-hydrogen) atoms. The highest BCUT2D eigenvalue weighted by atomic mass is 16.1. The minimum absolute atomic E-state index is 0.199. The molecule has 1 aromatic heterocycles. The number of hydrogen-bond donors (Lipinski definition) is 3. The third-order valence-corrected chi connectivity index (χ3v) is 4.72. The van der Waals surface area contributed by atoms with Gasteiger partial charge in [0.1, 0.15) is 0 Å². The molecule has 2 aromatic carbocycles. The van der Waals surface area contributed by atoms with Crippen LogP contribution in [0.1, 0.15) is 27.9 Å². The molecule has 1 aliphatic heterocycles. The minimum atomic E-state index is -0.199. The van der Waals surface area contributed by atoms with Crippen molar-refractivity contribution in [2.75, 3.05) is 17.6 Å². The quantitative estimate of drug-likeness (QED) is 0.574. The zero-order chi connectivity index (χ0) is 20.8. The first-order valence-corrected chi connectivity index (χ1v) is 9.70. The molecule has 0 unspecified atom stereocenters. The van der Waals surface area contributed by atoms with Crippen molar-refractivity contribution in [2.45, 2.75) is 13.0 Å². The van der Waals surface area contributed by atoms with E-state index in [4.69, 9.17) is 5.73 Å². The third kappa shape index (κ3) is 4.70. The Balaban J connectivity index is 1.36. The van der Waals surface area contributed by atoms with Crippen LogP contribution in [0.2, 0.25) is 0 Å². The van der Waals surface area contributed by atoms with Crippen molar-refractivity contribution in [2.24, 2.45) is 9.98 Å². The lowest BCUT2D eigenvalue weighted by Crippen LogP contribution is -2.26. The Kier molecular flexibility index (Phi) is 5.80. The lowest BCUT2D eigenvalue weighted by molar-refractivity contribution is 0.102. The molecule has 0 saturated carbocycles. The molecule has 1 amide bonds. The van der Waals surface area contributed by atoms with Crippen LogP contribution in [0.15, 0.2) is 83.0 Å². The molecule has 0 bridgehead atoms. The van der Waals surface area contributed by atoms with E-state index in [2.05, 4.69) is 25.6 Å². The number of nitrogen functional groups attached to an aromatic ring is 1. The largest absolute Gasteiger partial charge is 0.397 e. The second kappa shape index (κ2) is 9.00. The van der Waals surface area contributed by atoms with Gasteiger partial charge >= 0.3 is 0 Å². The van der Waals surface area contributed by atoms with E-state index in [1.54, 1.807) is 30.5 Å². The monoisotopic (exact) mass is 398 g/mol. The molecular formula is C23H22N6O. The Bertz CT molecular complexity index is 1090. The Labute approximate surface area is 174 Å². The molecule has 0 aliphatic carbocycles. The van der Waals surface area contributed by atoms with Crippen LogP contribution < -0.4 is 16.4 Å². The van der Waals surface area contributed by atoms with Crippen LogP contribution in [-0.2, 0) is 6.54 Å². The Morgan fingerprint density at radius 1 is 1.03 bits per heavy atom. The lowest BCUT2D eigenvalue weighted by atomic mass is 10.1. The topological polar surface area (TPSA) is 105 Å². The maximum absolute atomic E-state index is 12.4. The average Bonchev–Trinajstić information content (AvgIpc) is 2.80. The van der Waals surface area contributed by atoms with Crippen molar-refractivity contribution >= 4 is 29.0 Å². The van der Waals surface area contributed by atoms with Crippen molar-refractivity contribution in [3.05, 3.63) is 89.7 Å². The number of carbonyl (C=O) groups excluding carboxylic acids is 1. The van der Waals surface area contributed by atoms with E-state index in [1.807, 2.05) is 42.6 Å². The van der Waals surface area contributed by atoms with E-state index < -0.39 is 0 Å². The number of amides is 1. The van der Waals surface area contributed by atoms with Gasteiger partial charge in [0.25, 0.3) is 5.91 Å². The molecule has 0 spiro atoms. The molecule has 7 nitrogen and oxygen atoms in total. The number of aliphatic imine (C=N–C) groups is 2. The fourth-order valence-corrected chi connectivity index (χ4v) is 3.08. The van der Waals surface area contributed by atoms with E-state index in [1.165, 1.54) is 0 Å². The summed E-state index contributed by atoms with van der Waals surface area (Å²) in [7, 11) is 0. The summed E-state index contributed by atoms with van der Waals surface area (Å²) in [5, 5.41) is 6.09. The van der Waals surface area contributed by atoms with E-state index in [0.717, 1.165) is 23.3 Å². The number of carbonyl (C=O) groups is 1. The second-order valence-electron chi connectivity index (χ2n) is 6.85. The SMILES string of the molecule is Nc1ccccc1NC(=O)c1ccc(CNC2=NCCC(c3cccnc3)=N2)cc1. The predicted molar refractivity (Wildman–Crippen MR) is 120 cm³/mol. The second-order valence-corrected chi connectivity index (χ2v) is 6.85. The number of anilines is 2. The summed E-state index contributed by atoms with van der Waals surface area (Å²) in [6.45, 7) is 1.26. The molecule has 4 rings (SSSR count). The van der Waals surface area contributed by atoms with Crippen molar-refractivity contribution in [3.8, 4) is 0 Å². The molecule has 0 saturated heterocycles. The highest BCUT2D eigenvalue weighted by molar-refractivity contribution is 6.08. The highest BCUT2D eigenvalue weighted by Gasteiger charge is 2.11. The number of nitrogens with two attached hydrogens (primary N) is 1. The van der Waals surface area contributed by atoms with Gasteiger partial charge in [0.15, 0.2) is 0 Å². The number of guanidine groups is 1. The number of aromatic nitrogens is 1. The summed E-state index contributed by atoms with van der Waals surface area (Å²) >= 11 is 0. The van der Waals surface area contributed by atoms with Crippen molar-refractivity contribution < 1.29 is 4.79 Å². The summed E-state index contributed by atoms with van der Waals surface area (Å²) in [6, 6.07) is 18.5. The number of pyridine rings is 1. The molecule has 2 heterocycles. The third-order valence-electron chi connectivity index (χ3n) is 4.72. The van der Waals surface area contributed by atoms with Crippen LogP contribution in [0, 0.1) is 0 Å². The van der Waals surface area contributed by atoms with Crippen LogP contribution in [-0.4, -0.2) is 29.1 Å².